The van der Waals surface area contributed by atoms with Gasteiger partial charge in [-0.3, -0.25) is 4.79 Å². The van der Waals surface area contributed by atoms with Crippen LogP contribution in [0.2, 0.25) is 0 Å². The molecule has 2 rings (SSSR count). The third-order valence-electron chi connectivity index (χ3n) is 4.20. The van der Waals surface area contributed by atoms with E-state index in [0.717, 1.165) is 16.7 Å². The molecule has 0 radical (unpaired) electrons. The Balaban J connectivity index is 1.83. The summed E-state index contributed by atoms with van der Waals surface area (Å²) in [5.41, 5.74) is 2.83. The van der Waals surface area contributed by atoms with Crippen molar-refractivity contribution in [3.8, 4) is 17.2 Å². The van der Waals surface area contributed by atoms with E-state index in [9.17, 15) is 9.59 Å². The molecular weight excluding hydrogens is 374 g/mol. The molecule has 1 amide bonds. The molecule has 29 heavy (non-hydrogen) atoms. The predicted molar refractivity (Wildman–Crippen MR) is 108 cm³/mol. The van der Waals surface area contributed by atoms with E-state index in [2.05, 4.69) is 5.32 Å². The molecule has 0 aliphatic rings. The van der Waals surface area contributed by atoms with Crippen molar-refractivity contribution in [2.45, 2.75) is 26.8 Å². The van der Waals surface area contributed by atoms with Crippen LogP contribution in [0.15, 0.2) is 36.4 Å². The molecule has 1 atom stereocenters. The Labute approximate surface area is 170 Å². The Kier molecular flexibility index (Phi) is 7.88. The molecule has 7 heteroatoms. The van der Waals surface area contributed by atoms with Crippen LogP contribution in [0.4, 0.5) is 0 Å². The van der Waals surface area contributed by atoms with Crippen LogP contribution in [0.25, 0.3) is 0 Å². The second-order valence-corrected chi connectivity index (χ2v) is 6.67. The number of methoxy groups -OCH3 is 2. The van der Waals surface area contributed by atoms with Crippen LogP contribution in [0.5, 0.6) is 17.2 Å². The van der Waals surface area contributed by atoms with Crippen molar-refractivity contribution in [3.63, 3.8) is 0 Å². The van der Waals surface area contributed by atoms with Crippen molar-refractivity contribution in [2.75, 3.05) is 27.4 Å². The van der Waals surface area contributed by atoms with Gasteiger partial charge in [-0.05, 0) is 62.2 Å². The van der Waals surface area contributed by atoms with E-state index in [1.54, 1.807) is 39.3 Å². The number of carbonyl (C=O) groups is 2. The molecule has 0 aliphatic heterocycles. The lowest BCUT2D eigenvalue weighted by Gasteiger charge is -2.18. The van der Waals surface area contributed by atoms with E-state index in [4.69, 9.17) is 18.9 Å². The maximum absolute atomic E-state index is 12.1. The molecule has 0 spiro atoms. The Morgan fingerprint density at radius 2 is 1.62 bits per heavy atom. The third-order valence-corrected chi connectivity index (χ3v) is 4.20. The normalized spacial score (nSPS) is 11.3. The fourth-order valence-electron chi connectivity index (χ4n) is 2.88. The molecule has 156 valence electrons. The molecule has 0 fully saturated rings. The van der Waals surface area contributed by atoms with Crippen molar-refractivity contribution in [1.82, 2.24) is 5.32 Å². The lowest BCUT2D eigenvalue weighted by molar-refractivity contribution is -0.150. The number of nitrogens with one attached hydrogen (secondary N) is 1. The van der Waals surface area contributed by atoms with Gasteiger partial charge in [-0.25, -0.2) is 4.79 Å². The van der Waals surface area contributed by atoms with E-state index in [0.29, 0.717) is 17.2 Å². The van der Waals surface area contributed by atoms with Gasteiger partial charge in [0, 0.05) is 5.56 Å². The summed E-state index contributed by atoms with van der Waals surface area (Å²) in [6.07, 6.45) is 0. The number of amides is 1. The minimum atomic E-state index is -0.620. The summed E-state index contributed by atoms with van der Waals surface area (Å²) in [6.45, 7) is 5.03. The lowest BCUT2D eigenvalue weighted by atomic mass is 10.1. The van der Waals surface area contributed by atoms with Gasteiger partial charge in [0.2, 0.25) is 0 Å². The molecule has 0 aliphatic carbocycles. The van der Waals surface area contributed by atoms with Crippen LogP contribution in [0.3, 0.4) is 0 Å². The Bertz CT molecular complexity index is 844. The molecule has 0 saturated heterocycles. The summed E-state index contributed by atoms with van der Waals surface area (Å²) >= 11 is 0. The lowest BCUT2D eigenvalue weighted by Crippen LogP contribution is -2.32. The van der Waals surface area contributed by atoms with Crippen LogP contribution < -0.4 is 19.5 Å². The zero-order valence-corrected chi connectivity index (χ0v) is 17.4. The van der Waals surface area contributed by atoms with Gasteiger partial charge in [-0.15, -0.1) is 0 Å². The van der Waals surface area contributed by atoms with Crippen molar-refractivity contribution in [3.05, 3.63) is 53.1 Å². The SMILES string of the molecule is COc1ccc(OC)c(C(C)NC(=O)COC(=O)COc2cc(C)cc(C)c2)c1. The number of esters is 1. The van der Waals surface area contributed by atoms with Crippen LogP contribution in [0, 0.1) is 13.8 Å². The highest BCUT2D eigenvalue weighted by Crippen LogP contribution is 2.29. The number of hydrogen-bond acceptors (Lipinski definition) is 6. The molecule has 1 unspecified atom stereocenters. The number of aryl methyl sites for hydroxylation is 2. The smallest absolute Gasteiger partial charge is 0.344 e. The molecule has 0 aromatic heterocycles. The summed E-state index contributed by atoms with van der Waals surface area (Å²) in [5.74, 6) is 0.810. The van der Waals surface area contributed by atoms with Crippen LogP contribution >= 0.6 is 0 Å². The first-order valence-electron chi connectivity index (χ1n) is 9.20. The zero-order valence-electron chi connectivity index (χ0n) is 17.4. The Hall–Kier alpha value is -3.22. The minimum Gasteiger partial charge on any atom is -0.497 e. The fourth-order valence-corrected chi connectivity index (χ4v) is 2.88. The first-order valence-corrected chi connectivity index (χ1v) is 9.20. The summed E-state index contributed by atoms with van der Waals surface area (Å²) < 4.78 is 21.0. The van der Waals surface area contributed by atoms with E-state index in [1.165, 1.54) is 0 Å². The highest BCUT2D eigenvalue weighted by Gasteiger charge is 2.16. The standard InChI is InChI=1S/C22H27NO6/c1-14-8-15(2)10-18(9-14)28-13-22(25)29-12-21(24)23-16(3)19-11-17(26-4)6-7-20(19)27-5/h6-11,16H,12-13H2,1-5H3,(H,23,24). The van der Waals surface area contributed by atoms with E-state index in [-0.39, 0.29) is 12.6 Å². The Morgan fingerprint density at radius 1 is 0.931 bits per heavy atom. The van der Waals surface area contributed by atoms with Crippen LogP contribution in [-0.2, 0) is 14.3 Å². The topological polar surface area (TPSA) is 83.1 Å². The number of benzene rings is 2. The second-order valence-electron chi connectivity index (χ2n) is 6.67. The first kappa shape index (κ1) is 22.1. The van der Waals surface area contributed by atoms with E-state index < -0.39 is 18.5 Å². The molecule has 0 bridgehead atoms. The van der Waals surface area contributed by atoms with Crippen molar-refractivity contribution >= 4 is 11.9 Å². The zero-order chi connectivity index (χ0) is 21.4. The van der Waals surface area contributed by atoms with Gasteiger partial charge in [0.25, 0.3) is 5.91 Å². The van der Waals surface area contributed by atoms with E-state index >= 15 is 0 Å². The van der Waals surface area contributed by atoms with Gasteiger partial charge < -0.3 is 24.3 Å². The van der Waals surface area contributed by atoms with E-state index in [1.807, 2.05) is 32.0 Å². The monoisotopic (exact) mass is 401 g/mol. The molecular formula is C22H27NO6. The van der Waals surface area contributed by atoms with Gasteiger partial charge in [-0.1, -0.05) is 6.07 Å². The molecule has 0 heterocycles. The van der Waals surface area contributed by atoms with Crippen molar-refractivity contribution in [2.24, 2.45) is 0 Å². The fraction of sp³-hybridized carbons (Fsp3) is 0.364. The summed E-state index contributed by atoms with van der Waals surface area (Å²) in [7, 11) is 3.12. The summed E-state index contributed by atoms with van der Waals surface area (Å²) in [5, 5.41) is 2.77. The summed E-state index contributed by atoms with van der Waals surface area (Å²) in [6, 6.07) is 10.6. The average Bonchev–Trinajstić information content (AvgIpc) is 2.69. The quantitative estimate of drug-likeness (QED) is 0.650. The van der Waals surface area contributed by atoms with Gasteiger partial charge in [0.05, 0.1) is 20.3 Å². The summed E-state index contributed by atoms with van der Waals surface area (Å²) in [4.78, 5) is 24.0. The van der Waals surface area contributed by atoms with Gasteiger partial charge in [0.15, 0.2) is 13.2 Å². The minimum absolute atomic E-state index is 0.268. The molecule has 2 aromatic carbocycles. The molecule has 0 saturated carbocycles. The first-order chi connectivity index (χ1) is 13.8. The van der Waals surface area contributed by atoms with Crippen molar-refractivity contribution in [1.29, 1.82) is 0 Å². The molecule has 2 aromatic rings. The number of carbonyl (C=O) groups excluding carboxylic acids is 2. The predicted octanol–water partition coefficient (Wildman–Crippen LogP) is 3.12. The Morgan fingerprint density at radius 3 is 2.24 bits per heavy atom. The van der Waals surface area contributed by atoms with Crippen LogP contribution in [0.1, 0.15) is 29.7 Å². The maximum atomic E-state index is 12.1. The highest BCUT2D eigenvalue weighted by atomic mass is 16.6. The number of hydrogen-bond donors (Lipinski definition) is 1. The van der Waals surface area contributed by atoms with Gasteiger partial charge in [0.1, 0.15) is 17.2 Å². The van der Waals surface area contributed by atoms with Gasteiger partial charge >= 0.3 is 5.97 Å². The largest absolute Gasteiger partial charge is 0.497 e. The average molecular weight is 401 g/mol. The van der Waals surface area contributed by atoms with Crippen LogP contribution in [-0.4, -0.2) is 39.3 Å². The third kappa shape index (κ3) is 6.71. The number of rotatable bonds is 9. The highest BCUT2D eigenvalue weighted by molar-refractivity contribution is 5.81. The number of ether oxygens (including phenoxy) is 4. The molecule has 1 N–H and O–H groups in total. The second kappa shape index (κ2) is 10.4. The van der Waals surface area contributed by atoms with Gasteiger partial charge in [-0.2, -0.15) is 0 Å². The van der Waals surface area contributed by atoms with Crippen molar-refractivity contribution < 1.29 is 28.5 Å². The molecule has 7 nitrogen and oxygen atoms in total. The maximum Gasteiger partial charge on any atom is 0.344 e.